The fourth-order valence-corrected chi connectivity index (χ4v) is 2.50. The molecule has 1 atom stereocenters. The molecular weight excluding hydrogens is 278 g/mol. The first-order valence-corrected chi connectivity index (χ1v) is 7.05. The summed E-state index contributed by atoms with van der Waals surface area (Å²) in [4.78, 5) is 14.0. The lowest BCUT2D eigenvalue weighted by Gasteiger charge is -2.27. The van der Waals surface area contributed by atoms with Gasteiger partial charge in [0.25, 0.3) is 0 Å². The molecule has 0 saturated carbocycles. The van der Waals surface area contributed by atoms with Gasteiger partial charge in [-0.2, -0.15) is 8.78 Å². The maximum Gasteiger partial charge on any atom is 0.387 e. The van der Waals surface area contributed by atoms with Crippen LogP contribution in [0.2, 0.25) is 0 Å². The van der Waals surface area contributed by atoms with Crippen LogP contribution >= 0.6 is 0 Å². The Morgan fingerprint density at radius 3 is 2.71 bits per heavy atom. The van der Waals surface area contributed by atoms with Crippen molar-refractivity contribution in [3.05, 3.63) is 29.8 Å². The number of hydrogen-bond donors (Lipinski definition) is 1. The van der Waals surface area contributed by atoms with E-state index >= 15 is 0 Å². The number of ether oxygens (including phenoxy) is 1. The first-order valence-electron chi connectivity index (χ1n) is 7.05. The normalized spacial score (nSPS) is 18.6. The molecule has 4 nitrogen and oxygen atoms in total. The van der Waals surface area contributed by atoms with Gasteiger partial charge >= 0.3 is 6.61 Å². The maximum atomic E-state index is 12.3. The molecule has 0 bridgehead atoms. The zero-order chi connectivity index (χ0) is 15.2. The minimum absolute atomic E-state index is 0.0326. The average molecular weight is 298 g/mol. The second kappa shape index (κ2) is 7.36. The van der Waals surface area contributed by atoms with E-state index in [1.165, 1.54) is 12.1 Å². The highest BCUT2D eigenvalue weighted by atomic mass is 19.3. The summed E-state index contributed by atoms with van der Waals surface area (Å²) in [7, 11) is 1.76. The molecule has 1 amide bonds. The van der Waals surface area contributed by atoms with Crippen LogP contribution in [-0.2, 0) is 11.3 Å². The molecule has 0 aromatic heterocycles. The number of carbonyl (C=O) groups excluding carboxylic acids is 1. The fourth-order valence-electron chi connectivity index (χ4n) is 2.50. The predicted octanol–water partition coefficient (Wildman–Crippen LogP) is 2.25. The number of carbonyl (C=O) groups is 1. The predicted molar refractivity (Wildman–Crippen MR) is 75.1 cm³/mol. The summed E-state index contributed by atoms with van der Waals surface area (Å²) in [6.45, 7) is -0.660. The summed E-state index contributed by atoms with van der Waals surface area (Å²) in [5, 5.41) is 3.23. The van der Waals surface area contributed by atoms with Crippen molar-refractivity contribution in [2.24, 2.45) is 5.92 Å². The second-order valence-electron chi connectivity index (χ2n) is 5.26. The average Bonchev–Trinajstić information content (AvgIpc) is 2.49. The Labute approximate surface area is 123 Å². The van der Waals surface area contributed by atoms with Crippen molar-refractivity contribution in [3.8, 4) is 5.75 Å². The number of halogens is 2. The summed E-state index contributed by atoms with van der Waals surface area (Å²) in [6, 6.07) is 6.37. The standard InChI is InChI=1S/C15H20F2N2O2/c1-19(14(20)12-3-2-8-18-9-12)10-11-4-6-13(7-5-11)21-15(16)17/h4-7,12,15,18H,2-3,8-10H2,1H3/t12-/m0/s1. The number of piperidine rings is 1. The number of alkyl halides is 2. The molecule has 1 aromatic carbocycles. The van der Waals surface area contributed by atoms with Crippen LogP contribution in [0.15, 0.2) is 24.3 Å². The van der Waals surface area contributed by atoms with Crippen LogP contribution in [0.5, 0.6) is 5.75 Å². The van der Waals surface area contributed by atoms with Gasteiger partial charge in [-0.05, 0) is 37.1 Å². The van der Waals surface area contributed by atoms with Gasteiger partial charge in [-0.1, -0.05) is 12.1 Å². The Morgan fingerprint density at radius 2 is 2.14 bits per heavy atom. The van der Waals surface area contributed by atoms with E-state index < -0.39 is 6.61 Å². The fraction of sp³-hybridized carbons (Fsp3) is 0.533. The van der Waals surface area contributed by atoms with Crippen LogP contribution in [-0.4, -0.2) is 37.6 Å². The van der Waals surface area contributed by atoms with Gasteiger partial charge in [0.05, 0.1) is 5.92 Å². The molecule has 1 aromatic rings. The molecule has 1 N–H and O–H groups in total. The Hall–Kier alpha value is -1.69. The molecule has 6 heteroatoms. The topological polar surface area (TPSA) is 41.6 Å². The molecule has 21 heavy (non-hydrogen) atoms. The van der Waals surface area contributed by atoms with Crippen LogP contribution in [0.3, 0.4) is 0 Å². The number of nitrogens with one attached hydrogen (secondary N) is 1. The SMILES string of the molecule is CN(Cc1ccc(OC(F)F)cc1)C(=O)[C@H]1CCCNC1. The zero-order valence-electron chi connectivity index (χ0n) is 12.0. The van der Waals surface area contributed by atoms with E-state index in [4.69, 9.17) is 0 Å². The molecule has 1 aliphatic heterocycles. The van der Waals surface area contributed by atoms with E-state index in [9.17, 15) is 13.6 Å². The van der Waals surface area contributed by atoms with Gasteiger partial charge in [0.1, 0.15) is 5.75 Å². The van der Waals surface area contributed by atoms with E-state index in [0.717, 1.165) is 31.5 Å². The van der Waals surface area contributed by atoms with E-state index in [0.29, 0.717) is 6.54 Å². The maximum absolute atomic E-state index is 12.3. The van der Waals surface area contributed by atoms with Crippen LogP contribution in [0.25, 0.3) is 0 Å². The number of amides is 1. The molecular formula is C15H20F2N2O2. The molecule has 0 spiro atoms. The molecule has 116 valence electrons. The first-order chi connectivity index (χ1) is 10.1. The molecule has 1 saturated heterocycles. The summed E-state index contributed by atoms with van der Waals surface area (Å²) < 4.78 is 28.4. The molecule has 1 fully saturated rings. The summed E-state index contributed by atoms with van der Waals surface area (Å²) in [6.07, 6.45) is 1.93. The van der Waals surface area contributed by atoms with Crippen LogP contribution < -0.4 is 10.1 Å². The Balaban J connectivity index is 1.89. The van der Waals surface area contributed by atoms with Crippen LogP contribution in [0, 0.1) is 5.92 Å². The van der Waals surface area contributed by atoms with E-state index in [2.05, 4.69) is 10.1 Å². The third-order valence-corrected chi connectivity index (χ3v) is 3.59. The summed E-state index contributed by atoms with van der Waals surface area (Å²) in [5.41, 5.74) is 0.885. The molecule has 1 aliphatic rings. The van der Waals surface area contributed by atoms with Crippen molar-refractivity contribution < 1.29 is 18.3 Å². The lowest BCUT2D eigenvalue weighted by molar-refractivity contribution is -0.135. The van der Waals surface area contributed by atoms with Crippen molar-refractivity contribution >= 4 is 5.91 Å². The van der Waals surface area contributed by atoms with E-state index in [-0.39, 0.29) is 17.6 Å². The Bertz CT molecular complexity index is 459. The molecule has 1 heterocycles. The highest BCUT2D eigenvalue weighted by Crippen LogP contribution is 2.17. The van der Waals surface area contributed by atoms with E-state index in [1.54, 1.807) is 24.1 Å². The van der Waals surface area contributed by atoms with Crippen LogP contribution in [0.1, 0.15) is 18.4 Å². The van der Waals surface area contributed by atoms with Gasteiger partial charge in [0, 0.05) is 20.1 Å². The largest absolute Gasteiger partial charge is 0.435 e. The smallest absolute Gasteiger partial charge is 0.387 e. The van der Waals surface area contributed by atoms with Crippen molar-refractivity contribution in [2.75, 3.05) is 20.1 Å². The Kier molecular flexibility index (Phi) is 5.50. The van der Waals surface area contributed by atoms with Crippen molar-refractivity contribution in [1.29, 1.82) is 0 Å². The Morgan fingerprint density at radius 1 is 1.43 bits per heavy atom. The molecule has 0 radical (unpaired) electrons. The third-order valence-electron chi connectivity index (χ3n) is 3.59. The third kappa shape index (κ3) is 4.67. The molecule has 2 rings (SSSR count). The number of rotatable bonds is 5. The minimum Gasteiger partial charge on any atom is -0.435 e. The van der Waals surface area contributed by atoms with Gasteiger partial charge in [0.2, 0.25) is 5.91 Å². The minimum atomic E-state index is -2.82. The van der Waals surface area contributed by atoms with Crippen LogP contribution in [0.4, 0.5) is 8.78 Å². The van der Waals surface area contributed by atoms with Crippen molar-refractivity contribution in [3.63, 3.8) is 0 Å². The lowest BCUT2D eigenvalue weighted by atomic mass is 9.98. The van der Waals surface area contributed by atoms with Gasteiger partial charge in [0.15, 0.2) is 0 Å². The molecule has 0 unspecified atom stereocenters. The second-order valence-corrected chi connectivity index (χ2v) is 5.26. The lowest BCUT2D eigenvalue weighted by Crippen LogP contribution is -2.41. The van der Waals surface area contributed by atoms with Gasteiger partial charge < -0.3 is 15.0 Å². The number of benzene rings is 1. The number of nitrogens with zero attached hydrogens (tertiary/aromatic N) is 1. The highest BCUT2D eigenvalue weighted by Gasteiger charge is 2.23. The van der Waals surface area contributed by atoms with Crippen molar-refractivity contribution in [2.45, 2.75) is 26.0 Å². The van der Waals surface area contributed by atoms with Gasteiger partial charge in [-0.15, -0.1) is 0 Å². The first kappa shape index (κ1) is 15.7. The zero-order valence-corrected chi connectivity index (χ0v) is 12.0. The quantitative estimate of drug-likeness (QED) is 0.906. The number of hydrogen-bond acceptors (Lipinski definition) is 3. The van der Waals surface area contributed by atoms with Crippen molar-refractivity contribution in [1.82, 2.24) is 10.2 Å². The summed E-state index contributed by atoms with van der Waals surface area (Å²) in [5.74, 6) is 0.277. The summed E-state index contributed by atoms with van der Waals surface area (Å²) >= 11 is 0. The van der Waals surface area contributed by atoms with Gasteiger partial charge in [-0.25, -0.2) is 0 Å². The molecule has 0 aliphatic carbocycles. The monoisotopic (exact) mass is 298 g/mol. The van der Waals surface area contributed by atoms with E-state index in [1.807, 2.05) is 0 Å². The van der Waals surface area contributed by atoms with Gasteiger partial charge in [-0.3, -0.25) is 4.79 Å². The highest BCUT2D eigenvalue weighted by molar-refractivity contribution is 5.78.